The van der Waals surface area contributed by atoms with Gasteiger partial charge in [0.05, 0.1) is 0 Å². The molecule has 4 nitrogen and oxygen atoms in total. The average molecular weight is 283 g/mol. The van der Waals surface area contributed by atoms with E-state index in [1.54, 1.807) is 12.1 Å². The molecule has 0 aliphatic rings. The van der Waals surface area contributed by atoms with E-state index in [1.165, 1.54) is 0 Å². The predicted octanol–water partition coefficient (Wildman–Crippen LogP) is 2.12. The molecule has 0 aliphatic carbocycles. The molecule has 0 atom stereocenters. The van der Waals surface area contributed by atoms with Crippen molar-refractivity contribution in [2.45, 2.75) is 19.9 Å². The lowest BCUT2D eigenvalue weighted by atomic mass is 10.1. The van der Waals surface area contributed by atoms with Crippen molar-refractivity contribution in [1.29, 1.82) is 0 Å². The molecule has 2 aromatic rings. The fraction of sp³-hybridized carbons (Fsp3) is 0.235. The average Bonchev–Trinajstić information content (AvgIpc) is 3.00. The topological polar surface area (TPSA) is 62.5 Å². The minimum absolute atomic E-state index is 0.167. The Kier molecular flexibility index (Phi) is 5.19. The van der Waals surface area contributed by atoms with Gasteiger partial charge in [0.2, 0.25) is 0 Å². The molecule has 1 aromatic carbocycles. The summed E-state index contributed by atoms with van der Waals surface area (Å²) in [6.45, 7) is 2.20. The Hall–Kier alpha value is -2.51. The fourth-order valence-electron chi connectivity index (χ4n) is 1.86. The summed E-state index contributed by atoms with van der Waals surface area (Å²) >= 11 is 0. The number of carbonyl (C=O) groups is 1. The molecule has 0 bridgehead atoms. The highest BCUT2D eigenvalue weighted by Crippen LogP contribution is 2.09. The van der Waals surface area contributed by atoms with Crippen molar-refractivity contribution >= 4 is 5.91 Å². The van der Waals surface area contributed by atoms with Crippen LogP contribution >= 0.6 is 0 Å². The first-order valence-corrected chi connectivity index (χ1v) is 6.78. The molecule has 4 heteroatoms. The summed E-state index contributed by atoms with van der Waals surface area (Å²) in [6.07, 6.45) is 0.763. The van der Waals surface area contributed by atoms with Crippen LogP contribution in [0.3, 0.4) is 0 Å². The van der Waals surface area contributed by atoms with Gasteiger partial charge in [0.25, 0.3) is 5.91 Å². The minimum Gasteiger partial charge on any atom is -0.456 e. The molecule has 0 spiro atoms. The van der Waals surface area contributed by atoms with Gasteiger partial charge >= 0.3 is 0 Å². The van der Waals surface area contributed by atoms with Crippen LogP contribution in [0.15, 0.2) is 40.8 Å². The van der Waals surface area contributed by atoms with Gasteiger partial charge in [0, 0.05) is 18.5 Å². The number of hydrogen-bond acceptors (Lipinski definition) is 3. The van der Waals surface area contributed by atoms with E-state index in [0.29, 0.717) is 12.3 Å². The van der Waals surface area contributed by atoms with E-state index in [4.69, 9.17) is 9.52 Å². The van der Waals surface area contributed by atoms with Crippen molar-refractivity contribution in [2.75, 3.05) is 6.61 Å². The lowest BCUT2D eigenvalue weighted by Crippen LogP contribution is -2.22. The van der Waals surface area contributed by atoms with Crippen LogP contribution in [0.25, 0.3) is 0 Å². The highest BCUT2D eigenvalue weighted by molar-refractivity contribution is 5.91. The van der Waals surface area contributed by atoms with Crippen LogP contribution in [0.1, 0.15) is 34.4 Å². The SMILES string of the molecule is CCc1ccc(C(=O)NCc2cccc(C#CCO)c2)o1. The molecule has 0 unspecified atom stereocenters. The third kappa shape index (κ3) is 4.23. The number of aliphatic hydroxyl groups is 1. The van der Waals surface area contributed by atoms with E-state index in [9.17, 15) is 4.79 Å². The smallest absolute Gasteiger partial charge is 0.287 e. The lowest BCUT2D eigenvalue weighted by molar-refractivity contribution is 0.0921. The van der Waals surface area contributed by atoms with Crippen LogP contribution < -0.4 is 5.32 Å². The Morgan fingerprint density at radius 3 is 2.90 bits per heavy atom. The van der Waals surface area contributed by atoms with Crippen molar-refractivity contribution < 1.29 is 14.3 Å². The molecule has 0 saturated carbocycles. The number of aliphatic hydroxyl groups excluding tert-OH is 1. The maximum atomic E-state index is 11.9. The molecule has 0 aliphatic heterocycles. The van der Waals surface area contributed by atoms with Crippen molar-refractivity contribution in [2.24, 2.45) is 0 Å². The van der Waals surface area contributed by atoms with Gasteiger partial charge in [0.15, 0.2) is 5.76 Å². The van der Waals surface area contributed by atoms with Crippen LogP contribution in [0, 0.1) is 11.8 Å². The number of nitrogens with one attached hydrogen (secondary N) is 1. The molecule has 0 fully saturated rings. The van der Waals surface area contributed by atoms with E-state index in [1.807, 2.05) is 31.2 Å². The Morgan fingerprint density at radius 2 is 2.19 bits per heavy atom. The number of hydrogen-bond donors (Lipinski definition) is 2. The normalized spacial score (nSPS) is 9.81. The zero-order valence-corrected chi connectivity index (χ0v) is 11.8. The lowest BCUT2D eigenvalue weighted by Gasteiger charge is -2.04. The summed E-state index contributed by atoms with van der Waals surface area (Å²) in [5.41, 5.74) is 1.75. The fourth-order valence-corrected chi connectivity index (χ4v) is 1.86. The molecule has 1 heterocycles. The number of carbonyl (C=O) groups excluding carboxylic acids is 1. The summed E-state index contributed by atoms with van der Waals surface area (Å²) in [4.78, 5) is 11.9. The van der Waals surface area contributed by atoms with Crippen LogP contribution in [0.4, 0.5) is 0 Å². The Bertz CT molecular complexity index is 677. The monoisotopic (exact) mass is 283 g/mol. The first-order chi connectivity index (χ1) is 10.2. The molecule has 1 amide bonds. The second-order valence-corrected chi connectivity index (χ2v) is 4.46. The van der Waals surface area contributed by atoms with Crippen molar-refractivity contribution in [3.8, 4) is 11.8 Å². The maximum Gasteiger partial charge on any atom is 0.287 e. The number of rotatable bonds is 4. The highest BCUT2D eigenvalue weighted by atomic mass is 16.3. The van der Waals surface area contributed by atoms with E-state index in [2.05, 4.69) is 17.2 Å². The van der Waals surface area contributed by atoms with E-state index in [0.717, 1.165) is 23.3 Å². The molecular formula is C17H17NO3. The number of aryl methyl sites for hydroxylation is 1. The van der Waals surface area contributed by atoms with Crippen LogP contribution in [-0.4, -0.2) is 17.6 Å². The predicted molar refractivity (Wildman–Crippen MR) is 79.7 cm³/mol. The van der Waals surface area contributed by atoms with Gasteiger partial charge in [-0.2, -0.15) is 0 Å². The number of amides is 1. The molecule has 0 saturated heterocycles. The Morgan fingerprint density at radius 1 is 1.33 bits per heavy atom. The second kappa shape index (κ2) is 7.32. The largest absolute Gasteiger partial charge is 0.456 e. The Labute approximate surface area is 123 Å². The summed E-state index contributed by atoms with van der Waals surface area (Å²) in [6, 6.07) is 11.0. The molecular weight excluding hydrogens is 266 g/mol. The zero-order chi connectivity index (χ0) is 15.1. The van der Waals surface area contributed by atoms with Gasteiger partial charge in [-0.3, -0.25) is 4.79 Å². The summed E-state index contributed by atoms with van der Waals surface area (Å²) in [7, 11) is 0. The number of furan rings is 1. The Balaban J connectivity index is 1.97. The van der Waals surface area contributed by atoms with Crippen molar-refractivity contribution in [3.63, 3.8) is 0 Å². The van der Waals surface area contributed by atoms with Gasteiger partial charge in [-0.1, -0.05) is 30.9 Å². The number of benzene rings is 1. The first-order valence-electron chi connectivity index (χ1n) is 6.78. The van der Waals surface area contributed by atoms with Crippen LogP contribution in [0.5, 0.6) is 0 Å². The van der Waals surface area contributed by atoms with Crippen molar-refractivity contribution in [3.05, 3.63) is 59.0 Å². The molecule has 21 heavy (non-hydrogen) atoms. The van der Waals surface area contributed by atoms with Gasteiger partial charge in [-0.25, -0.2) is 0 Å². The van der Waals surface area contributed by atoms with E-state index < -0.39 is 0 Å². The molecule has 2 N–H and O–H groups in total. The van der Waals surface area contributed by atoms with E-state index in [-0.39, 0.29) is 12.5 Å². The minimum atomic E-state index is -0.235. The molecule has 0 radical (unpaired) electrons. The van der Waals surface area contributed by atoms with Gasteiger partial charge in [-0.15, -0.1) is 0 Å². The second-order valence-electron chi connectivity index (χ2n) is 4.46. The van der Waals surface area contributed by atoms with Gasteiger partial charge in [-0.05, 0) is 29.8 Å². The molecule has 2 rings (SSSR count). The van der Waals surface area contributed by atoms with Crippen LogP contribution in [-0.2, 0) is 13.0 Å². The zero-order valence-electron chi connectivity index (χ0n) is 11.8. The standard InChI is InChI=1S/C17H17NO3/c1-2-15-8-9-16(21-15)17(20)18-12-14-6-3-5-13(11-14)7-4-10-19/h3,5-6,8-9,11,19H,2,10,12H2,1H3,(H,18,20). The summed E-state index contributed by atoms with van der Waals surface area (Å²) in [5.74, 6) is 6.31. The quantitative estimate of drug-likeness (QED) is 0.845. The van der Waals surface area contributed by atoms with E-state index >= 15 is 0 Å². The summed E-state index contributed by atoms with van der Waals surface area (Å²) < 4.78 is 5.40. The van der Waals surface area contributed by atoms with Gasteiger partial charge in [0.1, 0.15) is 12.4 Å². The highest BCUT2D eigenvalue weighted by Gasteiger charge is 2.10. The summed E-state index contributed by atoms with van der Waals surface area (Å²) in [5, 5.41) is 11.5. The molecule has 1 aromatic heterocycles. The van der Waals surface area contributed by atoms with Crippen molar-refractivity contribution in [1.82, 2.24) is 5.32 Å². The third-order valence-corrected chi connectivity index (χ3v) is 2.93. The maximum absolute atomic E-state index is 11.9. The third-order valence-electron chi connectivity index (χ3n) is 2.93. The van der Waals surface area contributed by atoms with Crippen LogP contribution in [0.2, 0.25) is 0 Å². The molecule has 108 valence electrons. The van der Waals surface area contributed by atoms with Gasteiger partial charge < -0.3 is 14.8 Å². The first kappa shape index (κ1) is 14.9.